The maximum absolute atomic E-state index is 11.2. The zero-order chi connectivity index (χ0) is 18.3. The van der Waals surface area contributed by atoms with Crippen molar-refractivity contribution >= 4 is 10.1 Å². The molecular weight excluding hydrogens is 347 g/mol. The zero-order valence-electron chi connectivity index (χ0n) is 16.8. The summed E-state index contributed by atoms with van der Waals surface area (Å²) in [5.41, 5.74) is 0. The fourth-order valence-electron chi connectivity index (χ4n) is 3.09. The van der Waals surface area contributed by atoms with E-state index in [0.717, 1.165) is 44.9 Å². The van der Waals surface area contributed by atoms with E-state index in [-0.39, 0.29) is 35.7 Å². The summed E-state index contributed by atoms with van der Waals surface area (Å²) in [5.74, 6) is 0. The predicted molar refractivity (Wildman–Crippen MR) is 100 cm³/mol. The van der Waals surface area contributed by atoms with Gasteiger partial charge in [0.05, 0.1) is 16.2 Å². The van der Waals surface area contributed by atoms with Gasteiger partial charge < -0.3 is 9.66 Å². The first-order valence-corrected chi connectivity index (χ1v) is 11.5. The molecule has 0 rings (SSSR count). The maximum Gasteiger partial charge on any atom is 1.00 e. The Balaban J connectivity index is 0. The Hall–Kier alpha value is 0.870. The third kappa shape index (κ3) is 19.4. The molecule has 4 nitrogen and oxygen atoms in total. The molecule has 0 aromatic carbocycles. The quantitative estimate of drug-likeness (QED) is 0.236. The van der Waals surface area contributed by atoms with Crippen LogP contribution in [0.25, 0.3) is 0 Å². The van der Waals surface area contributed by atoms with Gasteiger partial charge in [-0.25, -0.2) is 8.42 Å². The molecule has 0 fully saturated rings. The van der Waals surface area contributed by atoms with E-state index >= 15 is 0 Å². The summed E-state index contributed by atoms with van der Waals surface area (Å²) in [6.45, 7) is 3.86. The summed E-state index contributed by atoms with van der Waals surface area (Å²) in [6, 6.07) is 0. The van der Waals surface area contributed by atoms with Gasteiger partial charge in [0, 0.05) is 5.25 Å². The van der Waals surface area contributed by atoms with Crippen molar-refractivity contribution < 1.29 is 47.6 Å². The molecule has 0 aromatic rings. The molecule has 0 aliphatic rings. The van der Waals surface area contributed by atoms with Crippen LogP contribution >= 0.6 is 0 Å². The summed E-state index contributed by atoms with van der Waals surface area (Å²) < 4.78 is 33.7. The summed E-state index contributed by atoms with van der Waals surface area (Å²) in [5, 5.41) is 8.50. The van der Waals surface area contributed by atoms with Crippen LogP contribution in [0.2, 0.25) is 0 Å². The van der Waals surface area contributed by atoms with Gasteiger partial charge in [0.25, 0.3) is 0 Å². The van der Waals surface area contributed by atoms with Gasteiger partial charge in [-0.1, -0.05) is 84.0 Å². The van der Waals surface area contributed by atoms with Gasteiger partial charge in [-0.05, 0) is 26.2 Å². The topological polar surface area (TPSA) is 77.4 Å². The molecule has 0 aliphatic carbocycles. The van der Waals surface area contributed by atoms with Crippen molar-refractivity contribution in [2.24, 2.45) is 0 Å². The molecule has 25 heavy (non-hydrogen) atoms. The Kier molecular flexibility index (Phi) is 20.5. The first-order chi connectivity index (χ1) is 11.4. The standard InChI is InChI=1S/C19H40O4S.Na/c1-3-4-16-19(24(21,22)23)17-14-12-10-8-6-5-7-9-11-13-15-18(2)20;/h18-20H,3-17H2,1-2H3,(H,21,22,23);/q;+1/p-1. The summed E-state index contributed by atoms with van der Waals surface area (Å²) >= 11 is 0. The maximum atomic E-state index is 11.2. The average molecular weight is 387 g/mol. The number of hydrogen-bond donors (Lipinski definition) is 1. The second kappa shape index (κ2) is 18.2. The van der Waals surface area contributed by atoms with Crippen LogP contribution in [-0.2, 0) is 10.1 Å². The van der Waals surface area contributed by atoms with E-state index in [4.69, 9.17) is 5.11 Å². The van der Waals surface area contributed by atoms with Crippen LogP contribution in [-0.4, -0.2) is 29.4 Å². The molecule has 0 saturated heterocycles. The van der Waals surface area contributed by atoms with E-state index < -0.39 is 15.4 Å². The van der Waals surface area contributed by atoms with Crippen molar-refractivity contribution in [2.45, 2.75) is 122 Å². The molecule has 0 aliphatic heterocycles. The normalized spacial score (nSPS) is 14.1. The molecule has 0 amide bonds. The first kappa shape index (κ1) is 28.1. The van der Waals surface area contributed by atoms with Crippen LogP contribution in [0.5, 0.6) is 0 Å². The van der Waals surface area contributed by atoms with Crippen molar-refractivity contribution in [1.82, 2.24) is 0 Å². The second-order valence-corrected chi connectivity index (χ2v) is 8.87. The van der Waals surface area contributed by atoms with E-state index in [1.807, 2.05) is 13.8 Å². The van der Waals surface area contributed by atoms with Crippen molar-refractivity contribution in [3.05, 3.63) is 0 Å². The first-order valence-electron chi connectivity index (χ1n) is 10.0. The van der Waals surface area contributed by atoms with Crippen LogP contribution in [0.1, 0.15) is 110 Å². The number of aliphatic hydroxyl groups is 1. The van der Waals surface area contributed by atoms with Crippen LogP contribution in [0.4, 0.5) is 0 Å². The van der Waals surface area contributed by atoms with Crippen molar-refractivity contribution in [3.8, 4) is 0 Å². The Labute approximate surface area is 178 Å². The van der Waals surface area contributed by atoms with Crippen LogP contribution in [0.3, 0.4) is 0 Å². The molecule has 0 heterocycles. The van der Waals surface area contributed by atoms with Gasteiger partial charge in [-0.15, -0.1) is 0 Å². The fraction of sp³-hybridized carbons (Fsp3) is 1.00. The van der Waals surface area contributed by atoms with Gasteiger partial charge in [-0.3, -0.25) is 0 Å². The van der Waals surface area contributed by atoms with E-state index in [2.05, 4.69) is 0 Å². The fourth-order valence-corrected chi connectivity index (χ4v) is 4.00. The summed E-state index contributed by atoms with van der Waals surface area (Å²) in [7, 11) is -4.12. The van der Waals surface area contributed by atoms with Gasteiger partial charge >= 0.3 is 29.6 Å². The molecule has 146 valence electrons. The molecule has 2 atom stereocenters. The molecule has 0 radical (unpaired) electrons. The minimum atomic E-state index is -4.12. The van der Waals surface area contributed by atoms with Crippen molar-refractivity contribution in [1.29, 1.82) is 0 Å². The Morgan fingerprint density at radius 3 is 1.48 bits per heavy atom. The summed E-state index contributed by atoms with van der Waals surface area (Å²) in [4.78, 5) is 0. The van der Waals surface area contributed by atoms with E-state index in [1.54, 1.807) is 0 Å². The Morgan fingerprint density at radius 1 is 0.760 bits per heavy atom. The number of rotatable bonds is 17. The van der Waals surface area contributed by atoms with Crippen molar-refractivity contribution in [3.63, 3.8) is 0 Å². The molecule has 1 N–H and O–H groups in total. The monoisotopic (exact) mass is 386 g/mol. The molecule has 0 aromatic heterocycles. The zero-order valence-corrected chi connectivity index (χ0v) is 19.7. The third-order valence-electron chi connectivity index (χ3n) is 4.69. The van der Waals surface area contributed by atoms with Crippen LogP contribution < -0.4 is 29.6 Å². The van der Waals surface area contributed by atoms with Gasteiger partial charge in [0.1, 0.15) is 0 Å². The van der Waals surface area contributed by atoms with Crippen molar-refractivity contribution in [2.75, 3.05) is 0 Å². The third-order valence-corrected chi connectivity index (χ3v) is 5.97. The minimum Gasteiger partial charge on any atom is -0.748 e. The Morgan fingerprint density at radius 2 is 1.12 bits per heavy atom. The van der Waals surface area contributed by atoms with E-state index in [0.29, 0.717) is 12.8 Å². The SMILES string of the molecule is CCCCC(CCCCCCCCCCCCC(C)O)S(=O)(=O)[O-].[Na+]. The van der Waals surface area contributed by atoms with E-state index in [9.17, 15) is 13.0 Å². The van der Waals surface area contributed by atoms with Gasteiger partial charge in [-0.2, -0.15) is 0 Å². The number of unbranched alkanes of at least 4 members (excludes halogenated alkanes) is 10. The molecule has 0 bridgehead atoms. The van der Waals surface area contributed by atoms with E-state index in [1.165, 1.54) is 38.5 Å². The number of hydrogen-bond acceptors (Lipinski definition) is 4. The van der Waals surface area contributed by atoms with Crippen LogP contribution in [0.15, 0.2) is 0 Å². The van der Waals surface area contributed by atoms with Gasteiger partial charge in [0.2, 0.25) is 0 Å². The summed E-state index contributed by atoms with van der Waals surface area (Å²) in [6.07, 6.45) is 15.2. The van der Waals surface area contributed by atoms with Crippen LogP contribution in [0, 0.1) is 0 Å². The predicted octanol–water partition coefficient (Wildman–Crippen LogP) is 2.16. The average Bonchev–Trinajstić information content (AvgIpc) is 2.49. The molecule has 2 unspecified atom stereocenters. The second-order valence-electron chi connectivity index (χ2n) is 7.22. The molecule has 0 saturated carbocycles. The molecule has 0 spiro atoms. The smallest absolute Gasteiger partial charge is 0.748 e. The number of aliphatic hydroxyl groups excluding tert-OH is 1. The minimum absolute atomic E-state index is 0. The molecule has 6 heteroatoms. The largest absolute Gasteiger partial charge is 1.00 e. The Bertz CT molecular complexity index is 372. The van der Waals surface area contributed by atoms with Gasteiger partial charge in [0.15, 0.2) is 0 Å². The molecular formula is C19H39NaO4S.